The molecule has 0 N–H and O–H groups in total. The van der Waals surface area contributed by atoms with Gasteiger partial charge in [-0.25, -0.2) is 0 Å². The molecule has 1 atom stereocenters. The summed E-state index contributed by atoms with van der Waals surface area (Å²) in [6.45, 7) is 10.7. The van der Waals surface area contributed by atoms with E-state index < -0.39 is 0 Å². The van der Waals surface area contributed by atoms with E-state index in [0.29, 0.717) is 18.8 Å². The van der Waals surface area contributed by atoms with Gasteiger partial charge in [0, 0.05) is 36.3 Å². The first-order valence-electron chi connectivity index (χ1n) is 10.4. The minimum Gasteiger partial charge on any atom is -0.444 e. The number of furan rings is 1. The zero-order chi connectivity index (χ0) is 21.3. The third kappa shape index (κ3) is 4.26. The van der Waals surface area contributed by atoms with Crippen molar-refractivity contribution in [2.45, 2.75) is 43.7 Å². The average Bonchev–Trinajstić information content (AvgIpc) is 3.20. The van der Waals surface area contributed by atoms with Gasteiger partial charge < -0.3 is 14.2 Å². The Morgan fingerprint density at radius 2 is 1.67 bits per heavy atom. The number of aryl methyl sites for hydroxylation is 3. The van der Waals surface area contributed by atoms with Crippen LogP contribution < -0.4 is 4.90 Å². The second kappa shape index (κ2) is 8.60. The quantitative estimate of drug-likeness (QED) is 0.542. The maximum absolute atomic E-state index is 13.0. The molecule has 5 heteroatoms. The smallest absolute Gasteiger partial charge is 0.289 e. The number of hydrogen-bond donors (Lipinski definition) is 0. The van der Waals surface area contributed by atoms with Gasteiger partial charge in [-0.3, -0.25) is 4.79 Å². The molecule has 1 fully saturated rings. The highest BCUT2D eigenvalue weighted by Gasteiger charge is 2.29. The minimum atomic E-state index is -0.0289. The van der Waals surface area contributed by atoms with Crippen LogP contribution in [0.4, 0.5) is 5.69 Å². The number of benzene rings is 2. The van der Waals surface area contributed by atoms with Gasteiger partial charge in [0.1, 0.15) is 0 Å². The van der Waals surface area contributed by atoms with Crippen LogP contribution in [-0.4, -0.2) is 36.5 Å². The van der Waals surface area contributed by atoms with Crippen molar-refractivity contribution in [1.82, 2.24) is 4.90 Å². The van der Waals surface area contributed by atoms with Crippen LogP contribution in [0.3, 0.4) is 0 Å². The topological polar surface area (TPSA) is 36.7 Å². The van der Waals surface area contributed by atoms with Crippen molar-refractivity contribution < 1.29 is 9.21 Å². The Kier molecular flexibility index (Phi) is 5.91. The van der Waals surface area contributed by atoms with E-state index in [9.17, 15) is 4.79 Å². The summed E-state index contributed by atoms with van der Waals surface area (Å²) >= 11 is 1.58. The Morgan fingerprint density at radius 3 is 2.33 bits per heavy atom. The number of rotatable bonds is 4. The fourth-order valence-electron chi connectivity index (χ4n) is 3.97. The number of anilines is 1. The highest BCUT2D eigenvalue weighted by molar-refractivity contribution is 7.99. The Hall–Kier alpha value is -2.66. The fourth-order valence-corrected chi connectivity index (χ4v) is 4.90. The molecule has 1 amide bonds. The van der Waals surface area contributed by atoms with Crippen molar-refractivity contribution in [3.05, 3.63) is 77.0 Å². The first-order valence-corrected chi connectivity index (χ1v) is 11.2. The van der Waals surface area contributed by atoms with Gasteiger partial charge in [-0.2, -0.15) is 0 Å². The summed E-state index contributed by atoms with van der Waals surface area (Å²) in [4.78, 5) is 18.5. The SMILES string of the molecule is Cc1ccc(N2CCN(C(=O)c3ccc(Sc4c(C)cccc4C)o3)CC2C)cc1. The standard InChI is InChI=1S/C25H28N2O2S/c1-17-8-10-21(11-9-17)27-15-14-26(16-20(27)4)25(28)22-12-13-23(29-22)30-24-18(2)6-5-7-19(24)3/h5-13,20H,14-16H2,1-4H3. The van der Waals surface area contributed by atoms with Crippen molar-refractivity contribution in [2.75, 3.05) is 24.5 Å². The summed E-state index contributed by atoms with van der Waals surface area (Å²) in [6, 6.07) is 18.8. The van der Waals surface area contributed by atoms with Crippen molar-refractivity contribution in [3.63, 3.8) is 0 Å². The van der Waals surface area contributed by atoms with Crippen molar-refractivity contribution in [1.29, 1.82) is 0 Å². The molecule has 0 aliphatic carbocycles. The number of nitrogens with zero attached hydrogens (tertiary/aromatic N) is 2. The molecule has 1 saturated heterocycles. The summed E-state index contributed by atoms with van der Waals surface area (Å²) in [7, 11) is 0. The molecule has 30 heavy (non-hydrogen) atoms. The number of piperazine rings is 1. The van der Waals surface area contributed by atoms with E-state index in [2.05, 4.69) is 75.1 Å². The van der Waals surface area contributed by atoms with E-state index in [1.54, 1.807) is 17.8 Å². The van der Waals surface area contributed by atoms with E-state index in [1.807, 2.05) is 11.0 Å². The molecule has 4 nitrogen and oxygen atoms in total. The van der Waals surface area contributed by atoms with Crippen molar-refractivity contribution >= 4 is 23.4 Å². The normalized spacial score (nSPS) is 16.7. The van der Waals surface area contributed by atoms with E-state index >= 15 is 0 Å². The molecule has 0 spiro atoms. The monoisotopic (exact) mass is 420 g/mol. The molecular weight excluding hydrogens is 392 g/mol. The van der Waals surface area contributed by atoms with Crippen LogP contribution in [0.15, 0.2) is 69.0 Å². The van der Waals surface area contributed by atoms with Gasteiger partial charge in [0.2, 0.25) is 0 Å². The Labute approximate surface area is 182 Å². The highest BCUT2D eigenvalue weighted by Crippen LogP contribution is 2.34. The predicted molar refractivity (Wildman–Crippen MR) is 123 cm³/mol. The lowest BCUT2D eigenvalue weighted by atomic mass is 10.1. The molecule has 0 bridgehead atoms. The van der Waals surface area contributed by atoms with Gasteiger partial charge in [-0.1, -0.05) is 47.7 Å². The van der Waals surface area contributed by atoms with Crippen LogP contribution in [0.1, 0.15) is 34.2 Å². The maximum Gasteiger partial charge on any atom is 0.289 e. The number of carbonyl (C=O) groups is 1. The summed E-state index contributed by atoms with van der Waals surface area (Å²) in [5.74, 6) is 0.387. The van der Waals surface area contributed by atoms with Gasteiger partial charge in [0.25, 0.3) is 5.91 Å². The molecule has 1 aliphatic rings. The van der Waals surface area contributed by atoms with Gasteiger partial charge in [-0.05, 0) is 63.1 Å². The second-order valence-corrected chi connectivity index (χ2v) is 9.09. The summed E-state index contributed by atoms with van der Waals surface area (Å²) in [5.41, 5.74) is 4.90. The Balaban J connectivity index is 1.43. The third-order valence-electron chi connectivity index (χ3n) is 5.68. The van der Waals surface area contributed by atoms with E-state index in [-0.39, 0.29) is 11.9 Å². The molecule has 2 aromatic carbocycles. The Bertz CT molecular complexity index is 1020. The summed E-state index contributed by atoms with van der Waals surface area (Å²) in [6.07, 6.45) is 0. The predicted octanol–water partition coefficient (Wildman–Crippen LogP) is 5.71. The Morgan fingerprint density at radius 1 is 0.967 bits per heavy atom. The zero-order valence-corrected chi connectivity index (χ0v) is 18.8. The molecule has 4 rings (SSSR count). The lowest BCUT2D eigenvalue weighted by Crippen LogP contribution is -2.53. The van der Waals surface area contributed by atoms with E-state index in [1.165, 1.54) is 27.3 Å². The molecule has 1 aromatic heterocycles. The van der Waals surface area contributed by atoms with Crippen molar-refractivity contribution in [3.8, 4) is 0 Å². The minimum absolute atomic E-state index is 0.0289. The van der Waals surface area contributed by atoms with Gasteiger partial charge in [0.05, 0.1) is 0 Å². The van der Waals surface area contributed by atoms with E-state index in [0.717, 1.165) is 11.6 Å². The van der Waals surface area contributed by atoms with E-state index in [4.69, 9.17) is 4.42 Å². The molecule has 156 valence electrons. The molecule has 1 unspecified atom stereocenters. The van der Waals surface area contributed by atoms with Crippen LogP contribution in [0.2, 0.25) is 0 Å². The van der Waals surface area contributed by atoms with Crippen LogP contribution in [-0.2, 0) is 0 Å². The van der Waals surface area contributed by atoms with Crippen LogP contribution in [0.5, 0.6) is 0 Å². The fraction of sp³-hybridized carbons (Fsp3) is 0.320. The largest absolute Gasteiger partial charge is 0.444 e. The average molecular weight is 421 g/mol. The summed E-state index contributed by atoms with van der Waals surface area (Å²) in [5, 5.41) is 0.752. The number of hydrogen-bond acceptors (Lipinski definition) is 4. The first kappa shape index (κ1) is 20.6. The lowest BCUT2D eigenvalue weighted by molar-refractivity contribution is 0.0689. The van der Waals surface area contributed by atoms with Gasteiger partial charge in [-0.15, -0.1) is 0 Å². The molecule has 0 radical (unpaired) electrons. The molecule has 0 saturated carbocycles. The van der Waals surface area contributed by atoms with Gasteiger partial charge in [0.15, 0.2) is 10.9 Å². The second-order valence-electron chi connectivity index (χ2n) is 8.07. The third-order valence-corrected chi connectivity index (χ3v) is 6.95. The first-order chi connectivity index (χ1) is 14.4. The number of carbonyl (C=O) groups excluding carboxylic acids is 1. The zero-order valence-electron chi connectivity index (χ0n) is 18.0. The maximum atomic E-state index is 13.0. The van der Waals surface area contributed by atoms with Crippen LogP contribution in [0, 0.1) is 20.8 Å². The lowest BCUT2D eigenvalue weighted by Gasteiger charge is -2.41. The highest BCUT2D eigenvalue weighted by atomic mass is 32.2. The van der Waals surface area contributed by atoms with Crippen LogP contribution >= 0.6 is 11.8 Å². The van der Waals surface area contributed by atoms with Crippen molar-refractivity contribution in [2.24, 2.45) is 0 Å². The molecular formula is C25H28N2O2S. The number of amides is 1. The van der Waals surface area contributed by atoms with Crippen LogP contribution in [0.25, 0.3) is 0 Å². The molecule has 3 aromatic rings. The molecule has 1 aliphatic heterocycles. The van der Waals surface area contributed by atoms with Gasteiger partial charge >= 0.3 is 0 Å². The molecule has 2 heterocycles. The summed E-state index contributed by atoms with van der Waals surface area (Å²) < 4.78 is 5.93.